The topological polar surface area (TPSA) is 86.7 Å². The fourth-order valence-corrected chi connectivity index (χ4v) is 3.37. The molecule has 0 amide bonds. The van der Waals surface area contributed by atoms with Crippen molar-refractivity contribution < 1.29 is 18.3 Å². The summed E-state index contributed by atoms with van der Waals surface area (Å²) in [5.74, 6) is -1.77. The lowest BCUT2D eigenvalue weighted by Gasteiger charge is -2.28. The number of nitrogens with one attached hydrogen (secondary N) is 1. The number of rotatable bonds is 5. The summed E-state index contributed by atoms with van der Waals surface area (Å²) in [6.45, 7) is 2.10. The molecule has 110 valence electrons. The van der Waals surface area contributed by atoms with Gasteiger partial charge in [-0.15, -0.1) is 0 Å². The Bertz CT molecular complexity index is 600. The van der Waals surface area contributed by atoms with E-state index in [0.29, 0.717) is 19.5 Å². The van der Waals surface area contributed by atoms with E-state index in [1.54, 1.807) is 0 Å². The van der Waals surface area contributed by atoms with Crippen LogP contribution >= 0.6 is 0 Å². The minimum absolute atomic E-state index is 0.101. The maximum Gasteiger partial charge on any atom is 0.307 e. The van der Waals surface area contributed by atoms with Gasteiger partial charge in [0, 0.05) is 19.6 Å². The van der Waals surface area contributed by atoms with Crippen molar-refractivity contribution in [2.24, 2.45) is 5.92 Å². The van der Waals surface area contributed by atoms with Crippen molar-refractivity contribution in [3.05, 3.63) is 35.4 Å². The summed E-state index contributed by atoms with van der Waals surface area (Å²) in [4.78, 5) is 10.7. The van der Waals surface area contributed by atoms with Gasteiger partial charge in [-0.05, 0) is 17.5 Å². The van der Waals surface area contributed by atoms with E-state index >= 15 is 0 Å². The molecule has 2 rings (SSSR count). The summed E-state index contributed by atoms with van der Waals surface area (Å²) in [5.41, 5.74) is 2.16. The molecule has 2 N–H and O–H groups in total. The van der Waals surface area contributed by atoms with Gasteiger partial charge in [-0.3, -0.25) is 4.79 Å². The number of carbonyl (C=O) groups is 1. The molecule has 7 heteroatoms. The molecule has 6 nitrogen and oxygen atoms in total. The van der Waals surface area contributed by atoms with Gasteiger partial charge in [0.25, 0.3) is 10.2 Å². The monoisotopic (exact) mass is 298 g/mol. The highest BCUT2D eigenvalue weighted by molar-refractivity contribution is 7.87. The fourth-order valence-electron chi connectivity index (χ4n) is 2.08. The van der Waals surface area contributed by atoms with Crippen molar-refractivity contribution >= 4 is 16.2 Å². The van der Waals surface area contributed by atoms with Crippen LogP contribution in [0.15, 0.2) is 24.3 Å². The van der Waals surface area contributed by atoms with Gasteiger partial charge in [0.2, 0.25) is 0 Å². The molecule has 0 bridgehead atoms. The number of carboxylic acids is 1. The van der Waals surface area contributed by atoms with Crippen molar-refractivity contribution in [2.75, 3.05) is 13.1 Å². The van der Waals surface area contributed by atoms with E-state index in [0.717, 1.165) is 11.1 Å². The van der Waals surface area contributed by atoms with Crippen LogP contribution < -0.4 is 4.72 Å². The third-order valence-corrected chi connectivity index (χ3v) is 4.95. The van der Waals surface area contributed by atoms with Crippen molar-refractivity contribution in [2.45, 2.75) is 19.9 Å². The van der Waals surface area contributed by atoms with Gasteiger partial charge < -0.3 is 5.11 Å². The molecule has 1 unspecified atom stereocenters. The van der Waals surface area contributed by atoms with Crippen LogP contribution in [0.2, 0.25) is 0 Å². The predicted octanol–water partition coefficient (Wildman–Crippen LogP) is 0.600. The molecule has 0 radical (unpaired) electrons. The third kappa shape index (κ3) is 3.36. The molecule has 1 aromatic rings. The van der Waals surface area contributed by atoms with Crippen LogP contribution in [0.3, 0.4) is 0 Å². The minimum Gasteiger partial charge on any atom is -0.481 e. The Morgan fingerprint density at radius 3 is 2.70 bits per heavy atom. The quantitative estimate of drug-likeness (QED) is 0.833. The molecular weight excluding hydrogens is 280 g/mol. The average Bonchev–Trinajstić information content (AvgIpc) is 2.44. The highest BCUT2D eigenvalue weighted by atomic mass is 32.2. The molecule has 1 heterocycles. The lowest BCUT2D eigenvalue weighted by atomic mass is 10.0. The zero-order valence-corrected chi connectivity index (χ0v) is 12.1. The summed E-state index contributed by atoms with van der Waals surface area (Å²) in [6.07, 6.45) is 0.672. The molecule has 0 spiro atoms. The Morgan fingerprint density at radius 1 is 1.40 bits per heavy atom. The molecule has 1 aromatic carbocycles. The minimum atomic E-state index is -3.63. The number of benzene rings is 1. The van der Waals surface area contributed by atoms with E-state index in [1.165, 1.54) is 11.2 Å². The number of aliphatic carboxylic acids is 1. The summed E-state index contributed by atoms with van der Waals surface area (Å²) in [7, 11) is -3.63. The van der Waals surface area contributed by atoms with Gasteiger partial charge in [0.05, 0.1) is 5.92 Å². The van der Waals surface area contributed by atoms with Crippen molar-refractivity contribution in [1.29, 1.82) is 0 Å². The predicted molar refractivity (Wildman–Crippen MR) is 74.3 cm³/mol. The van der Waals surface area contributed by atoms with Gasteiger partial charge in [0.1, 0.15) is 0 Å². The second-order valence-electron chi connectivity index (χ2n) is 4.95. The number of nitrogens with zero attached hydrogens (tertiary/aromatic N) is 1. The van der Waals surface area contributed by atoms with Gasteiger partial charge in [-0.25, -0.2) is 4.72 Å². The molecule has 1 aliphatic rings. The van der Waals surface area contributed by atoms with E-state index in [1.807, 2.05) is 24.3 Å². The zero-order valence-electron chi connectivity index (χ0n) is 11.2. The number of hydrogen-bond donors (Lipinski definition) is 2. The number of carboxylic acid groups (broad SMARTS) is 1. The van der Waals surface area contributed by atoms with E-state index in [4.69, 9.17) is 5.11 Å². The van der Waals surface area contributed by atoms with Crippen LogP contribution in [0.4, 0.5) is 0 Å². The highest BCUT2D eigenvalue weighted by Crippen LogP contribution is 2.20. The Balaban J connectivity index is 2.03. The van der Waals surface area contributed by atoms with Crippen molar-refractivity contribution in [1.82, 2.24) is 9.03 Å². The molecule has 20 heavy (non-hydrogen) atoms. The Kier molecular flexibility index (Phi) is 4.42. The first-order chi connectivity index (χ1) is 9.40. The average molecular weight is 298 g/mol. The van der Waals surface area contributed by atoms with E-state index in [9.17, 15) is 13.2 Å². The largest absolute Gasteiger partial charge is 0.481 e. The normalized spacial score (nSPS) is 17.4. The Hall–Kier alpha value is -1.44. The highest BCUT2D eigenvalue weighted by Gasteiger charge is 2.27. The van der Waals surface area contributed by atoms with Crippen LogP contribution in [-0.2, 0) is 28.0 Å². The van der Waals surface area contributed by atoms with Gasteiger partial charge in [-0.1, -0.05) is 31.2 Å². The molecule has 0 saturated carbocycles. The summed E-state index contributed by atoms with van der Waals surface area (Å²) >= 11 is 0. The Labute approximate surface area is 118 Å². The molecule has 1 atom stereocenters. The Morgan fingerprint density at radius 2 is 2.05 bits per heavy atom. The van der Waals surface area contributed by atoms with Crippen molar-refractivity contribution in [3.63, 3.8) is 0 Å². The maximum absolute atomic E-state index is 12.1. The molecule has 0 fully saturated rings. The van der Waals surface area contributed by atoms with E-state index in [-0.39, 0.29) is 6.54 Å². The molecule has 0 aromatic heterocycles. The van der Waals surface area contributed by atoms with E-state index < -0.39 is 22.1 Å². The van der Waals surface area contributed by atoms with Crippen LogP contribution in [0.1, 0.15) is 18.1 Å². The molecule has 0 saturated heterocycles. The van der Waals surface area contributed by atoms with Crippen molar-refractivity contribution in [3.8, 4) is 0 Å². The zero-order chi connectivity index (χ0) is 14.8. The number of hydrogen-bond acceptors (Lipinski definition) is 3. The third-order valence-electron chi connectivity index (χ3n) is 3.43. The SMILES string of the molecule is CC(CNS(=O)(=O)N1CCc2ccccc2C1)C(=O)O. The summed E-state index contributed by atoms with van der Waals surface area (Å²) < 4.78 is 28.0. The lowest BCUT2D eigenvalue weighted by molar-refractivity contribution is -0.140. The van der Waals surface area contributed by atoms with Gasteiger partial charge in [-0.2, -0.15) is 12.7 Å². The lowest BCUT2D eigenvalue weighted by Crippen LogP contribution is -2.45. The first-order valence-electron chi connectivity index (χ1n) is 6.44. The fraction of sp³-hybridized carbons (Fsp3) is 0.462. The first-order valence-corrected chi connectivity index (χ1v) is 7.88. The second-order valence-corrected chi connectivity index (χ2v) is 6.70. The standard InChI is InChI=1S/C13H18N2O4S/c1-10(13(16)17)8-14-20(18,19)15-7-6-11-4-2-3-5-12(11)9-15/h2-5,10,14H,6-9H2,1H3,(H,16,17). The molecular formula is C13H18N2O4S. The summed E-state index contributed by atoms with van der Waals surface area (Å²) in [6, 6.07) is 7.74. The van der Waals surface area contributed by atoms with E-state index in [2.05, 4.69) is 4.72 Å². The smallest absolute Gasteiger partial charge is 0.307 e. The number of fused-ring (bicyclic) bond motifs is 1. The summed E-state index contributed by atoms with van der Waals surface area (Å²) in [5, 5.41) is 8.77. The van der Waals surface area contributed by atoms with Crippen LogP contribution in [0, 0.1) is 5.92 Å². The first kappa shape index (κ1) is 15.0. The van der Waals surface area contributed by atoms with Gasteiger partial charge in [0.15, 0.2) is 0 Å². The maximum atomic E-state index is 12.1. The van der Waals surface area contributed by atoms with Crippen LogP contribution in [0.5, 0.6) is 0 Å². The van der Waals surface area contributed by atoms with Crippen LogP contribution in [-0.4, -0.2) is 36.9 Å². The molecule has 1 aliphatic heterocycles. The van der Waals surface area contributed by atoms with Crippen LogP contribution in [0.25, 0.3) is 0 Å². The molecule has 0 aliphatic carbocycles. The van der Waals surface area contributed by atoms with Gasteiger partial charge >= 0.3 is 5.97 Å². The second kappa shape index (κ2) is 5.90.